The van der Waals surface area contributed by atoms with Crippen molar-refractivity contribution in [1.82, 2.24) is 5.32 Å². The van der Waals surface area contributed by atoms with Gasteiger partial charge in [0.25, 0.3) is 0 Å². The number of halogens is 2. The summed E-state index contributed by atoms with van der Waals surface area (Å²) in [4.78, 5) is 13.3. The fraction of sp³-hybridized carbons (Fsp3) is 0.105. The van der Waals surface area contributed by atoms with Crippen molar-refractivity contribution in [3.8, 4) is 0 Å². The molecule has 0 radical (unpaired) electrons. The lowest BCUT2D eigenvalue weighted by atomic mass is 10.1. The van der Waals surface area contributed by atoms with Gasteiger partial charge in [-0.1, -0.05) is 18.2 Å². The molecule has 25 heavy (non-hydrogen) atoms. The van der Waals surface area contributed by atoms with Crippen LogP contribution in [0.1, 0.15) is 16.5 Å². The van der Waals surface area contributed by atoms with Gasteiger partial charge in [0, 0.05) is 14.1 Å². The molecule has 0 aliphatic heterocycles. The smallest absolute Gasteiger partial charge is 0.238 e. The molecule has 1 heterocycles. The Morgan fingerprint density at radius 3 is 2.44 bits per heavy atom. The van der Waals surface area contributed by atoms with Gasteiger partial charge in [-0.05, 0) is 76.0 Å². The van der Waals surface area contributed by atoms with Gasteiger partial charge in [0.05, 0.1) is 12.6 Å². The second-order valence-corrected chi connectivity index (χ2v) is 7.66. The van der Waals surface area contributed by atoms with E-state index in [2.05, 4.69) is 33.2 Å². The summed E-state index contributed by atoms with van der Waals surface area (Å²) in [6.07, 6.45) is 0. The largest absolute Gasteiger partial charge is 0.325 e. The molecule has 0 bridgehead atoms. The molecule has 3 aromatic rings. The summed E-state index contributed by atoms with van der Waals surface area (Å²) in [7, 11) is 0. The Morgan fingerprint density at radius 1 is 1.08 bits per heavy atom. The maximum atomic E-state index is 13.2. The Balaban J connectivity index is 1.67. The number of carbonyl (C=O) groups is 1. The topological polar surface area (TPSA) is 41.1 Å². The van der Waals surface area contributed by atoms with Crippen LogP contribution in [-0.2, 0) is 4.79 Å². The number of hydrogen-bond acceptors (Lipinski definition) is 3. The molecule has 0 saturated heterocycles. The fourth-order valence-corrected chi connectivity index (χ4v) is 3.61. The Labute approximate surface area is 163 Å². The van der Waals surface area contributed by atoms with Crippen molar-refractivity contribution in [2.45, 2.75) is 6.04 Å². The van der Waals surface area contributed by atoms with E-state index in [0.717, 1.165) is 19.7 Å². The SMILES string of the molecule is O=C(CN[C@@H](c1ccc(F)cc1)c1cccs1)Nc1ccc(I)cc1. The molecule has 1 aromatic heterocycles. The van der Waals surface area contributed by atoms with Crippen molar-refractivity contribution in [2.24, 2.45) is 0 Å². The zero-order valence-corrected chi connectivity index (χ0v) is 16.2. The lowest BCUT2D eigenvalue weighted by Gasteiger charge is -2.18. The van der Waals surface area contributed by atoms with E-state index in [0.29, 0.717) is 0 Å². The number of carbonyl (C=O) groups excluding carboxylic acids is 1. The molecule has 128 valence electrons. The monoisotopic (exact) mass is 466 g/mol. The van der Waals surface area contributed by atoms with Crippen molar-refractivity contribution in [3.05, 3.63) is 85.9 Å². The minimum atomic E-state index is -0.273. The van der Waals surface area contributed by atoms with Gasteiger partial charge in [0.15, 0.2) is 0 Å². The molecule has 0 fully saturated rings. The predicted octanol–water partition coefficient (Wildman–Crippen LogP) is 4.81. The highest BCUT2D eigenvalue weighted by Gasteiger charge is 2.16. The summed E-state index contributed by atoms with van der Waals surface area (Å²) in [5, 5.41) is 8.12. The van der Waals surface area contributed by atoms with Crippen LogP contribution in [0.15, 0.2) is 66.0 Å². The zero-order valence-electron chi connectivity index (χ0n) is 13.2. The van der Waals surface area contributed by atoms with Gasteiger partial charge in [-0.2, -0.15) is 0 Å². The maximum Gasteiger partial charge on any atom is 0.238 e. The Morgan fingerprint density at radius 2 is 1.80 bits per heavy atom. The molecule has 0 unspecified atom stereocenters. The van der Waals surface area contributed by atoms with Gasteiger partial charge in [0.2, 0.25) is 5.91 Å². The average Bonchev–Trinajstić information content (AvgIpc) is 3.13. The number of hydrogen-bond donors (Lipinski definition) is 2. The molecular formula is C19H16FIN2OS. The maximum absolute atomic E-state index is 13.2. The molecular weight excluding hydrogens is 450 g/mol. The molecule has 6 heteroatoms. The molecule has 0 saturated carbocycles. The van der Waals surface area contributed by atoms with Crippen LogP contribution in [0.2, 0.25) is 0 Å². The minimum absolute atomic E-state index is 0.120. The summed E-state index contributed by atoms with van der Waals surface area (Å²) >= 11 is 3.82. The van der Waals surface area contributed by atoms with Gasteiger partial charge in [0.1, 0.15) is 5.82 Å². The van der Waals surface area contributed by atoms with E-state index in [1.807, 2.05) is 41.8 Å². The molecule has 2 aromatic carbocycles. The van der Waals surface area contributed by atoms with E-state index in [4.69, 9.17) is 0 Å². The van der Waals surface area contributed by atoms with Gasteiger partial charge in [-0.25, -0.2) is 4.39 Å². The molecule has 0 spiro atoms. The van der Waals surface area contributed by atoms with Gasteiger partial charge < -0.3 is 5.32 Å². The second kappa shape index (κ2) is 8.55. The van der Waals surface area contributed by atoms with Crippen LogP contribution < -0.4 is 10.6 Å². The third-order valence-corrected chi connectivity index (χ3v) is 5.28. The fourth-order valence-electron chi connectivity index (χ4n) is 2.43. The van der Waals surface area contributed by atoms with Gasteiger partial charge in [-0.3, -0.25) is 10.1 Å². The van der Waals surface area contributed by atoms with Crippen LogP contribution in [0, 0.1) is 9.39 Å². The van der Waals surface area contributed by atoms with Crippen LogP contribution in [0.4, 0.5) is 10.1 Å². The summed E-state index contributed by atoms with van der Waals surface area (Å²) in [5.74, 6) is -0.394. The van der Waals surface area contributed by atoms with Crippen LogP contribution in [-0.4, -0.2) is 12.5 Å². The Hall–Kier alpha value is -1.77. The van der Waals surface area contributed by atoms with Crippen molar-refractivity contribution in [3.63, 3.8) is 0 Å². The number of rotatable bonds is 6. The average molecular weight is 466 g/mol. The molecule has 0 aliphatic rings. The van der Waals surface area contributed by atoms with Crippen LogP contribution in [0.25, 0.3) is 0 Å². The molecule has 3 rings (SSSR count). The quantitative estimate of drug-likeness (QED) is 0.512. The first-order valence-corrected chi connectivity index (χ1v) is 9.65. The van der Waals surface area contributed by atoms with E-state index in [1.54, 1.807) is 23.5 Å². The first kappa shape index (κ1) is 18.0. The van der Waals surface area contributed by atoms with Crippen LogP contribution >= 0.6 is 33.9 Å². The van der Waals surface area contributed by atoms with Gasteiger partial charge in [-0.15, -0.1) is 11.3 Å². The first-order chi connectivity index (χ1) is 12.1. The van der Waals surface area contributed by atoms with Crippen LogP contribution in [0.5, 0.6) is 0 Å². The van der Waals surface area contributed by atoms with E-state index in [1.165, 1.54) is 12.1 Å². The first-order valence-electron chi connectivity index (χ1n) is 7.69. The minimum Gasteiger partial charge on any atom is -0.325 e. The summed E-state index contributed by atoms with van der Waals surface area (Å²) < 4.78 is 14.3. The normalized spacial score (nSPS) is 11.9. The van der Waals surface area contributed by atoms with E-state index in [9.17, 15) is 9.18 Å². The molecule has 1 amide bonds. The number of nitrogens with one attached hydrogen (secondary N) is 2. The Bertz CT molecular complexity index is 820. The number of amides is 1. The highest BCUT2D eigenvalue weighted by Crippen LogP contribution is 2.26. The number of benzene rings is 2. The third kappa shape index (κ3) is 5.10. The van der Waals surface area contributed by atoms with Crippen molar-refractivity contribution in [2.75, 3.05) is 11.9 Å². The van der Waals surface area contributed by atoms with E-state index >= 15 is 0 Å². The predicted molar refractivity (Wildman–Crippen MR) is 108 cm³/mol. The van der Waals surface area contributed by atoms with E-state index in [-0.39, 0.29) is 24.3 Å². The standard InChI is InChI=1S/C19H16FIN2OS/c20-14-5-3-13(4-6-14)19(17-2-1-11-25-17)22-12-18(24)23-16-9-7-15(21)8-10-16/h1-11,19,22H,12H2,(H,23,24)/t19-/m0/s1. The van der Waals surface area contributed by atoms with Crippen molar-refractivity contribution < 1.29 is 9.18 Å². The van der Waals surface area contributed by atoms with Gasteiger partial charge >= 0.3 is 0 Å². The summed E-state index contributed by atoms with van der Waals surface area (Å²) in [6.45, 7) is 0.159. The lowest BCUT2D eigenvalue weighted by molar-refractivity contribution is -0.115. The van der Waals surface area contributed by atoms with Crippen molar-refractivity contribution >= 4 is 45.5 Å². The second-order valence-electron chi connectivity index (χ2n) is 5.44. The summed E-state index contributed by atoms with van der Waals surface area (Å²) in [5.41, 5.74) is 1.69. The highest BCUT2D eigenvalue weighted by atomic mass is 127. The summed E-state index contributed by atoms with van der Waals surface area (Å²) in [6, 6.07) is 17.8. The molecule has 2 N–H and O–H groups in total. The molecule has 1 atom stereocenters. The Kier molecular flexibility index (Phi) is 6.17. The van der Waals surface area contributed by atoms with Crippen molar-refractivity contribution in [1.29, 1.82) is 0 Å². The number of thiophene rings is 1. The number of anilines is 1. The van der Waals surface area contributed by atoms with Crippen LogP contribution in [0.3, 0.4) is 0 Å². The molecule has 0 aliphatic carbocycles. The highest BCUT2D eigenvalue weighted by molar-refractivity contribution is 14.1. The third-order valence-electron chi connectivity index (χ3n) is 3.63. The lowest BCUT2D eigenvalue weighted by Crippen LogP contribution is -2.31. The molecule has 3 nitrogen and oxygen atoms in total. The van der Waals surface area contributed by atoms with E-state index < -0.39 is 0 Å². The zero-order chi connectivity index (χ0) is 17.6.